The Kier molecular flexibility index (Phi) is 11.6. The summed E-state index contributed by atoms with van der Waals surface area (Å²) in [7, 11) is 0.154. The number of ether oxygens (including phenoxy) is 4. The van der Waals surface area contributed by atoms with E-state index in [4.69, 9.17) is 27.2 Å². The second-order valence-corrected chi connectivity index (χ2v) is 21.5. The van der Waals surface area contributed by atoms with Crippen molar-refractivity contribution in [3.63, 3.8) is 0 Å². The molecule has 0 N–H and O–H groups in total. The minimum Gasteiger partial charge on any atom is -0.492 e. The molecule has 1 aromatic rings. The van der Waals surface area contributed by atoms with Crippen LogP contribution in [0.25, 0.3) is 6.08 Å². The highest BCUT2D eigenvalue weighted by molar-refractivity contribution is 6.85. The van der Waals surface area contributed by atoms with Gasteiger partial charge in [-0.2, -0.15) is 0 Å². The molecule has 34 heavy (non-hydrogen) atoms. The lowest BCUT2D eigenvalue weighted by atomic mass is 9.98. The molecule has 7 nitrogen and oxygen atoms in total. The fraction of sp³-hybridized carbons (Fsp3) is 0.625. The first-order valence-electron chi connectivity index (χ1n) is 11.5. The maximum atomic E-state index is 12.1. The molecule has 0 aliphatic rings. The molecule has 0 fully saturated rings. The minimum atomic E-state index is -2.01. The van der Waals surface area contributed by atoms with Crippen LogP contribution in [0.15, 0.2) is 6.08 Å². The molecule has 10 heteroatoms. The van der Waals surface area contributed by atoms with Gasteiger partial charge in [0.2, 0.25) is 5.75 Å². The molecule has 0 aliphatic carbocycles. The van der Waals surface area contributed by atoms with Gasteiger partial charge in [-0.25, -0.2) is 4.79 Å². The van der Waals surface area contributed by atoms with Crippen molar-refractivity contribution in [3.8, 4) is 17.2 Å². The van der Waals surface area contributed by atoms with E-state index in [1.165, 1.54) is 13.2 Å². The van der Waals surface area contributed by atoms with Gasteiger partial charge < -0.3 is 27.2 Å². The number of methoxy groups -OCH3 is 4. The van der Waals surface area contributed by atoms with Gasteiger partial charge in [0.1, 0.15) is 0 Å². The van der Waals surface area contributed by atoms with E-state index in [1.54, 1.807) is 27.4 Å². The predicted octanol–water partition coefficient (Wildman–Crippen LogP) is 4.89. The van der Waals surface area contributed by atoms with E-state index in [-0.39, 0.29) is 0 Å². The van der Waals surface area contributed by atoms with Crippen molar-refractivity contribution >= 4 is 43.2 Å². The molecular formula is C24H43O7Si3. The molecule has 0 heterocycles. The van der Waals surface area contributed by atoms with Crippen LogP contribution in [0.4, 0.5) is 0 Å². The molecule has 1 rings (SSSR count). The van der Waals surface area contributed by atoms with Gasteiger partial charge in [-0.15, -0.1) is 0 Å². The Bertz CT molecular complexity index is 840. The topological polar surface area (TPSA) is 72.5 Å². The fourth-order valence-electron chi connectivity index (χ4n) is 3.32. The highest BCUT2D eigenvalue weighted by Gasteiger charge is 2.38. The van der Waals surface area contributed by atoms with E-state index in [0.717, 1.165) is 23.6 Å². The summed E-state index contributed by atoms with van der Waals surface area (Å²) in [5.41, 5.74) is 1.68. The summed E-state index contributed by atoms with van der Waals surface area (Å²) >= 11 is 0. The smallest absolute Gasteiger partial charge is 0.402 e. The van der Waals surface area contributed by atoms with Gasteiger partial charge in [-0.05, 0) is 64.1 Å². The zero-order valence-corrected chi connectivity index (χ0v) is 26.0. The first-order chi connectivity index (χ1) is 15.7. The summed E-state index contributed by atoms with van der Waals surface area (Å²) in [6.07, 6.45) is 4.79. The van der Waals surface area contributed by atoms with Gasteiger partial charge in [-0.1, -0.05) is 13.8 Å². The van der Waals surface area contributed by atoms with Gasteiger partial charge in [0.25, 0.3) is 0 Å². The second kappa shape index (κ2) is 12.9. The van der Waals surface area contributed by atoms with Crippen molar-refractivity contribution < 1.29 is 32.0 Å². The van der Waals surface area contributed by atoms with Crippen molar-refractivity contribution in [1.82, 2.24) is 0 Å². The van der Waals surface area contributed by atoms with E-state index in [1.807, 2.05) is 0 Å². The molecule has 0 spiro atoms. The van der Waals surface area contributed by atoms with Crippen LogP contribution in [-0.2, 0) is 24.2 Å². The zero-order chi connectivity index (χ0) is 26.3. The summed E-state index contributed by atoms with van der Waals surface area (Å²) in [6.45, 7) is 17.3. The summed E-state index contributed by atoms with van der Waals surface area (Å²) in [6, 6.07) is 0. The van der Waals surface area contributed by atoms with E-state index < -0.39 is 31.9 Å². The maximum Gasteiger partial charge on any atom is 0.402 e. The molecule has 0 saturated carbocycles. The molecule has 0 aromatic heterocycles. The normalized spacial score (nSPS) is 12.5. The molecule has 1 radical (unpaired) electrons. The van der Waals surface area contributed by atoms with E-state index in [0.29, 0.717) is 28.7 Å². The molecule has 0 amide bonds. The van der Waals surface area contributed by atoms with Gasteiger partial charge in [-0.3, -0.25) is 0 Å². The molecule has 193 valence electrons. The first kappa shape index (κ1) is 30.4. The van der Waals surface area contributed by atoms with E-state index in [2.05, 4.69) is 53.1 Å². The number of carbonyl (C=O) groups is 1. The Morgan fingerprint density at radius 2 is 1.35 bits per heavy atom. The number of hydrogen-bond acceptors (Lipinski definition) is 7. The summed E-state index contributed by atoms with van der Waals surface area (Å²) in [4.78, 5) is 12.1. The van der Waals surface area contributed by atoms with Crippen LogP contribution in [0.3, 0.4) is 0 Å². The number of carbonyl (C=O) groups excluding carboxylic acids is 1. The van der Waals surface area contributed by atoms with Crippen molar-refractivity contribution in [2.24, 2.45) is 5.92 Å². The van der Waals surface area contributed by atoms with Gasteiger partial charge in [0.05, 0.1) is 28.4 Å². The first-order valence-corrected chi connectivity index (χ1v) is 19.7. The highest BCUT2D eigenvalue weighted by atomic mass is 28.4. The second-order valence-electron chi connectivity index (χ2n) is 10.4. The predicted molar refractivity (Wildman–Crippen MR) is 145 cm³/mol. The Morgan fingerprint density at radius 3 is 1.74 bits per heavy atom. The van der Waals surface area contributed by atoms with Crippen LogP contribution in [-0.4, -0.2) is 60.3 Å². The molecule has 0 bridgehead atoms. The summed E-state index contributed by atoms with van der Waals surface area (Å²) in [5, 5.41) is 0.908. The lowest BCUT2D eigenvalue weighted by molar-refractivity contribution is -0.134. The molecule has 0 saturated heterocycles. The van der Waals surface area contributed by atoms with Gasteiger partial charge >= 0.3 is 15.3 Å². The number of esters is 1. The Morgan fingerprint density at radius 1 is 0.853 bits per heavy atom. The van der Waals surface area contributed by atoms with E-state index in [9.17, 15) is 4.79 Å². The average Bonchev–Trinajstić information content (AvgIpc) is 2.71. The molecule has 1 aromatic carbocycles. The van der Waals surface area contributed by atoms with Crippen LogP contribution >= 0.6 is 0 Å². The molecular weight excluding hydrogens is 485 g/mol. The molecule has 0 atom stereocenters. The summed E-state index contributed by atoms with van der Waals surface area (Å²) in [5.74, 6) is 1.60. The Labute approximate surface area is 209 Å². The SMILES string of the molecule is COC(=O)C=Cc1c(OC)c(OC)c(OC)c(CCC(C)C)c1[Si](O[Si](C)(C)C)O[Si](C)(C)C. The van der Waals surface area contributed by atoms with Crippen LogP contribution in [0.2, 0.25) is 39.3 Å². The minimum absolute atomic E-state index is 0.461. The monoisotopic (exact) mass is 527 g/mol. The highest BCUT2D eigenvalue weighted by Crippen LogP contribution is 2.43. The van der Waals surface area contributed by atoms with Crippen LogP contribution in [0.5, 0.6) is 17.2 Å². The van der Waals surface area contributed by atoms with Gasteiger partial charge in [0, 0.05) is 22.4 Å². The fourth-order valence-corrected chi connectivity index (χ4v) is 10.0. The van der Waals surface area contributed by atoms with Crippen molar-refractivity contribution in [3.05, 3.63) is 17.2 Å². The third-order valence-electron chi connectivity index (χ3n) is 4.68. The molecule has 0 unspecified atom stereocenters. The molecule has 0 aliphatic heterocycles. The van der Waals surface area contributed by atoms with Crippen LogP contribution < -0.4 is 19.4 Å². The Balaban J connectivity index is 4.15. The lowest BCUT2D eigenvalue weighted by Gasteiger charge is -2.33. The standard InChI is InChI=1S/C24H43O7Si3/c1-17(2)13-14-18-21(27-4)23(29-6)22(28-5)19(15-16-20(25)26-3)24(18)32(30-33(7,8)9)31-34(10,11)12/h15-17H,13-14H2,1-12H3. The maximum absolute atomic E-state index is 12.1. The average molecular weight is 528 g/mol. The van der Waals surface area contributed by atoms with Crippen LogP contribution in [0.1, 0.15) is 31.4 Å². The summed E-state index contributed by atoms with van der Waals surface area (Å²) < 4.78 is 35.8. The lowest BCUT2D eigenvalue weighted by Crippen LogP contribution is -2.52. The van der Waals surface area contributed by atoms with Crippen molar-refractivity contribution in [2.75, 3.05) is 28.4 Å². The van der Waals surface area contributed by atoms with Crippen molar-refractivity contribution in [2.45, 2.75) is 66.0 Å². The van der Waals surface area contributed by atoms with Crippen molar-refractivity contribution in [1.29, 1.82) is 0 Å². The third-order valence-corrected chi connectivity index (χ3v) is 12.0. The largest absolute Gasteiger partial charge is 0.492 e. The van der Waals surface area contributed by atoms with E-state index >= 15 is 0 Å². The van der Waals surface area contributed by atoms with Gasteiger partial charge in [0.15, 0.2) is 28.1 Å². The number of hydrogen-bond donors (Lipinski definition) is 0. The quantitative estimate of drug-likeness (QED) is 0.205. The number of benzene rings is 1. The Hall–Kier alpha value is -1.60. The third kappa shape index (κ3) is 8.88. The zero-order valence-electron chi connectivity index (χ0n) is 23.0. The number of rotatable bonds is 13. The van der Waals surface area contributed by atoms with Crippen LogP contribution in [0, 0.1) is 5.92 Å².